The Kier molecular flexibility index (Phi) is 6.74. The van der Waals surface area contributed by atoms with Crippen LogP contribution in [0.2, 0.25) is 0 Å². The van der Waals surface area contributed by atoms with E-state index >= 15 is 0 Å². The summed E-state index contributed by atoms with van der Waals surface area (Å²) in [5, 5.41) is 1.49. The maximum atomic E-state index is 12.7. The van der Waals surface area contributed by atoms with Gasteiger partial charge >= 0.3 is 11.9 Å². The molecule has 0 aliphatic carbocycles. The molecule has 7 heteroatoms. The van der Waals surface area contributed by atoms with Gasteiger partial charge in [-0.1, -0.05) is 24.3 Å². The van der Waals surface area contributed by atoms with Crippen molar-refractivity contribution in [2.24, 2.45) is 0 Å². The van der Waals surface area contributed by atoms with E-state index in [1.165, 1.54) is 7.11 Å². The Hall–Kier alpha value is -3.61. The molecule has 0 saturated heterocycles. The molecule has 0 aliphatic heterocycles. The van der Waals surface area contributed by atoms with Crippen molar-refractivity contribution in [3.05, 3.63) is 65.0 Å². The fourth-order valence-corrected chi connectivity index (χ4v) is 3.65. The van der Waals surface area contributed by atoms with E-state index in [9.17, 15) is 14.4 Å². The molecule has 2 aromatic carbocycles. The Morgan fingerprint density at radius 2 is 1.65 bits per heavy atom. The Morgan fingerprint density at radius 3 is 2.32 bits per heavy atom. The standard InChI is InChI=1S/C24H25NO6/c1-15-13-20(16(2)25(15)12-11-23(27)30-4)21(26)14-31-24(28)19-9-10-22(29-3)18-8-6-5-7-17(18)19/h5-10,13H,11-12,14H2,1-4H3. The molecule has 0 spiro atoms. The summed E-state index contributed by atoms with van der Waals surface area (Å²) in [7, 11) is 2.91. The number of carbonyl (C=O) groups excluding carboxylic acids is 3. The maximum absolute atomic E-state index is 12.7. The molecule has 3 rings (SSSR count). The zero-order valence-corrected chi connectivity index (χ0v) is 18.1. The highest BCUT2D eigenvalue weighted by atomic mass is 16.5. The van der Waals surface area contributed by atoms with Crippen LogP contribution in [0.25, 0.3) is 10.8 Å². The number of fused-ring (bicyclic) bond motifs is 1. The lowest BCUT2D eigenvalue weighted by Gasteiger charge is -2.11. The molecule has 0 aliphatic rings. The van der Waals surface area contributed by atoms with Crippen molar-refractivity contribution in [1.82, 2.24) is 4.57 Å². The Labute approximate surface area is 180 Å². The van der Waals surface area contributed by atoms with Gasteiger partial charge in [0.15, 0.2) is 6.61 Å². The van der Waals surface area contributed by atoms with Gasteiger partial charge in [0, 0.05) is 28.9 Å². The number of hydrogen-bond donors (Lipinski definition) is 0. The van der Waals surface area contributed by atoms with Crippen LogP contribution in [-0.4, -0.2) is 43.1 Å². The molecule has 1 heterocycles. The summed E-state index contributed by atoms with van der Waals surface area (Å²) in [4.78, 5) is 36.8. The molecular formula is C24H25NO6. The van der Waals surface area contributed by atoms with Crippen LogP contribution in [-0.2, 0) is 20.8 Å². The van der Waals surface area contributed by atoms with Gasteiger partial charge in [0.25, 0.3) is 0 Å². The molecule has 1 aromatic heterocycles. The van der Waals surface area contributed by atoms with Crippen molar-refractivity contribution in [3.63, 3.8) is 0 Å². The average Bonchev–Trinajstić information content (AvgIpc) is 3.07. The number of aryl methyl sites for hydroxylation is 1. The van der Waals surface area contributed by atoms with Crippen molar-refractivity contribution in [2.45, 2.75) is 26.8 Å². The molecule has 0 saturated carbocycles. The monoisotopic (exact) mass is 423 g/mol. The number of ether oxygens (including phenoxy) is 3. The van der Waals surface area contributed by atoms with Crippen LogP contribution in [0.3, 0.4) is 0 Å². The number of methoxy groups -OCH3 is 2. The minimum absolute atomic E-state index is 0.208. The lowest BCUT2D eigenvalue weighted by molar-refractivity contribution is -0.140. The van der Waals surface area contributed by atoms with Gasteiger partial charge in [-0.15, -0.1) is 0 Å². The van der Waals surface area contributed by atoms with Gasteiger partial charge in [-0.25, -0.2) is 4.79 Å². The number of nitrogens with zero attached hydrogens (tertiary/aromatic N) is 1. The number of esters is 2. The normalized spacial score (nSPS) is 10.7. The first-order valence-corrected chi connectivity index (χ1v) is 9.87. The molecule has 0 atom stereocenters. The Balaban J connectivity index is 1.74. The van der Waals surface area contributed by atoms with Crippen molar-refractivity contribution in [2.75, 3.05) is 20.8 Å². The SMILES string of the molecule is COC(=O)CCn1c(C)cc(C(=O)COC(=O)c2ccc(OC)c3ccccc23)c1C. The summed E-state index contributed by atoms with van der Waals surface area (Å²) in [6.45, 7) is 3.70. The van der Waals surface area contributed by atoms with E-state index < -0.39 is 5.97 Å². The third kappa shape index (κ3) is 4.60. The van der Waals surface area contributed by atoms with Gasteiger partial charge in [0.05, 0.1) is 26.2 Å². The van der Waals surface area contributed by atoms with Crippen molar-refractivity contribution >= 4 is 28.5 Å². The van der Waals surface area contributed by atoms with Crippen LogP contribution in [0.4, 0.5) is 0 Å². The summed E-state index contributed by atoms with van der Waals surface area (Å²) >= 11 is 0. The molecule has 0 N–H and O–H groups in total. The van der Waals surface area contributed by atoms with Crippen LogP contribution < -0.4 is 4.74 Å². The van der Waals surface area contributed by atoms with E-state index in [-0.39, 0.29) is 24.8 Å². The summed E-state index contributed by atoms with van der Waals surface area (Å²) in [6.07, 6.45) is 0.208. The molecule has 0 fully saturated rings. The smallest absolute Gasteiger partial charge is 0.339 e. The van der Waals surface area contributed by atoms with Crippen molar-refractivity contribution in [3.8, 4) is 5.75 Å². The fourth-order valence-electron chi connectivity index (χ4n) is 3.65. The number of ketones is 1. The zero-order valence-electron chi connectivity index (χ0n) is 18.1. The summed E-state index contributed by atoms with van der Waals surface area (Å²) in [5.74, 6) is -0.543. The zero-order chi connectivity index (χ0) is 22.5. The molecule has 3 aromatic rings. The van der Waals surface area contributed by atoms with E-state index in [1.54, 1.807) is 32.2 Å². The minimum Gasteiger partial charge on any atom is -0.496 e. The highest BCUT2D eigenvalue weighted by Crippen LogP contribution is 2.28. The molecule has 0 amide bonds. The topological polar surface area (TPSA) is 83.8 Å². The van der Waals surface area contributed by atoms with E-state index in [0.29, 0.717) is 28.8 Å². The first-order valence-electron chi connectivity index (χ1n) is 9.87. The quantitative estimate of drug-likeness (QED) is 0.404. The van der Waals surface area contributed by atoms with Crippen LogP contribution >= 0.6 is 0 Å². The predicted molar refractivity (Wildman–Crippen MR) is 116 cm³/mol. The summed E-state index contributed by atoms with van der Waals surface area (Å²) in [6, 6.07) is 12.4. The first-order chi connectivity index (χ1) is 14.9. The van der Waals surface area contributed by atoms with Gasteiger partial charge in [-0.3, -0.25) is 9.59 Å². The first kappa shape index (κ1) is 22.1. The van der Waals surface area contributed by atoms with E-state index in [0.717, 1.165) is 16.8 Å². The molecular weight excluding hydrogens is 398 g/mol. The second-order valence-electron chi connectivity index (χ2n) is 7.12. The predicted octanol–water partition coefficient (Wildman–Crippen LogP) is 3.87. The summed E-state index contributed by atoms with van der Waals surface area (Å²) < 4.78 is 17.2. The number of Topliss-reactive ketones (excluding diaryl/α,β-unsaturated/α-hetero) is 1. The summed E-state index contributed by atoms with van der Waals surface area (Å²) in [5.41, 5.74) is 2.40. The maximum Gasteiger partial charge on any atom is 0.339 e. The molecule has 162 valence electrons. The van der Waals surface area contributed by atoms with Crippen molar-refractivity contribution < 1.29 is 28.6 Å². The third-order valence-corrected chi connectivity index (χ3v) is 5.30. The van der Waals surface area contributed by atoms with Gasteiger partial charge < -0.3 is 18.8 Å². The molecule has 0 bridgehead atoms. The number of carbonyl (C=O) groups is 3. The number of aromatic nitrogens is 1. The highest BCUT2D eigenvalue weighted by molar-refractivity contribution is 6.07. The van der Waals surface area contributed by atoms with Gasteiger partial charge in [0.1, 0.15) is 5.75 Å². The molecule has 7 nitrogen and oxygen atoms in total. The lowest BCUT2D eigenvalue weighted by atomic mass is 10.0. The number of benzene rings is 2. The highest BCUT2D eigenvalue weighted by Gasteiger charge is 2.20. The van der Waals surface area contributed by atoms with Crippen LogP contribution in [0.15, 0.2) is 42.5 Å². The second-order valence-corrected chi connectivity index (χ2v) is 7.12. The van der Waals surface area contributed by atoms with E-state index in [4.69, 9.17) is 9.47 Å². The van der Waals surface area contributed by atoms with Crippen LogP contribution in [0, 0.1) is 13.8 Å². The molecule has 0 radical (unpaired) electrons. The van der Waals surface area contributed by atoms with Gasteiger partial charge in [0.2, 0.25) is 5.78 Å². The second kappa shape index (κ2) is 9.47. The molecule has 0 unspecified atom stereocenters. The largest absolute Gasteiger partial charge is 0.496 e. The van der Waals surface area contributed by atoms with Crippen LogP contribution in [0.5, 0.6) is 5.75 Å². The van der Waals surface area contributed by atoms with Gasteiger partial charge in [-0.05, 0) is 37.4 Å². The third-order valence-electron chi connectivity index (χ3n) is 5.30. The van der Waals surface area contributed by atoms with E-state index in [1.807, 2.05) is 35.8 Å². The van der Waals surface area contributed by atoms with Gasteiger partial charge in [-0.2, -0.15) is 0 Å². The van der Waals surface area contributed by atoms with Crippen molar-refractivity contribution in [1.29, 1.82) is 0 Å². The average molecular weight is 423 g/mol. The lowest BCUT2D eigenvalue weighted by Crippen LogP contribution is -2.16. The fraction of sp³-hybridized carbons (Fsp3) is 0.292. The minimum atomic E-state index is -0.577. The number of hydrogen-bond acceptors (Lipinski definition) is 6. The number of rotatable bonds is 8. The van der Waals surface area contributed by atoms with E-state index in [2.05, 4.69) is 4.74 Å². The van der Waals surface area contributed by atoms with Crippen LogP contribution in [0.1, 0.15) is 38.5 Å². The Morgan fingerprint density at radius 1 is 0.935 bits per heavy atom. The Bertz CT molecular complexity index is 1140. The molecule has 31 heavy (non-hydrogen) atoms.